The molecule has 0 aromatic carbocycles. The van der Waals surface area contributed by atoms with Gasteiger partial charge in [-0.3, -0.25) is 18.5 Å². The molecule has 10 aromatic heterocycles. The maximum Gasteiger partial charge on any atom is 1.00 e. The molecular formula is C35H43Br6Cl4N22Na2O14PS5. The fraction of sp³-hybridized carbons (Fsp3) is 0.143. The maximum absolute atomic E-state index is 10.3. The van der Waals surface area contributed by atoms with Crippen LogP contribution in [0.2, 0.25) is 0 Å². The minimum absolute atomic E-state index is 0. The number of alkyl halides is 1. The van der Waals surface area contributed by atoms with Crippen LogP contribution in [0.25, 0.3) is 9.66 Å². The van der Waals surface area contributed by atoms with Crippen LogP contribution in [-0.4, -0.2) is 127 Å². The zero-order valence-electron chi connectivity index (χ0n) is 42.1. The predicted molar refractivity (Wildman–Crippen MR) is 356 cm³/mol. The van der Waals surface area contributed by atoms with Gasteiger partial charge in [0, 0.05) is 63.8 Å². The van der Waals surface area contributed by atoms with Crippen molar-refractivity contribution in [2.24, 2.45) is 5.14 Å². The fourth-order valence-corrected chi connectivity index (χ4v) is 7.32. The Morgan fingerprint density at radius 1 is 0.674 bits per heavy atom. The summed E-state index contributed by atoms with van der Waals surface area (Å²) < 4.78 is 41.2. The molecule has 10 aromatic rings. The normalized spacial score (nSPS) is 8.91. The van der Waals surface area contributed by atoms with Gasteiger partial charge < -0.3 is 83.7 Å². The number of aldehydes is 2. The van der Waals surface area contributed by atoms with Gasteiger partial charge in [-0.1, -0.05) is 34.0 Å². The first-order chi connectivity index (χ1) is 39.7. The van der Waals surface area contributed by atoms with Crippen molar-refractivity contribution in [3.05, 3.63) is 151 Å². The van der Waals surface area contributed by atoms with Crippen molar-refractivity contribution in [1.82, 2.24) is 78.6 Å². The molecule has 0 fully saturated rings. The van der Waals surface area contributed by atoms with Crippen LogP contribution in [0.5, 0.6) is 0 Å². The van der Waals surface area contributed by atoms with Crippen molar-refractivity contribution in [3.63, 3.8) is 0 Å². The molecular weight excluding hydrogens is 1810 g/mol. The van der Waals surface area contributed by atoms with Gasteiger partial charge in [0.1, 0.15) is 37.5 Å². The molecule has 36 nitrogen and oxygen atoms in total. The molecule has 0 unspecified atom stereocenters. The Morgan fingerprint density at radius 2 is 1.12 bits per heavy atom. The zero-order valence-corrected chi connectivity index (χ0v) is 63.6. The van der Waals surface area contributed by atoms with E-state index in [1.165, 1.54) is 36.6 Å². The number of nitro groups is 4. The fourth-order valence-electron chi connectivity index (χ4n) is 3.83. The van der Waals surface area contributed by atoms with Crippen molar-refractivity contribution in [2.45, 2.75) is 32.3 Å². The standard InChI is InChI=1S/C5H5N3O3S.C5H3N3O2S.C5H5N3S.C3H2Br2N2.C3H2BrN3O2.C3H3BrN2.C3H4N4O2S.C3H4N2.C2H3ClO.3CH4.Br2.Cl3OP.2Na.O3S/c9-1-2-12-5-4(8(10)11)6-3-7-5;9-8(10)4-5-7(3-6-4)1-2-11-5;6-4-5-8(3-7-4)1-2-9-5;4-2-3(5)7-1-6-2;4-2-3(7(8)9)6-1-5-2;4-3-1-5-2-6-3;4-10-3-2(7(8)9)5-1-6-3;1-2-5-3-4-1;3-1-2-4;;;;1-2;1-5(2,3)4;;;1-4(2)3/h1,3H,2H2,(H,6,7);1-3H;1-3H,6H2;1H,(H,6,7);1H,(H,5,6);1-2H,(H,5,6);1H,4H2,(H,5,6);1-3H,(H,4,5);2H,1H2;3*1H4;;;;;/q;;;;;;;;;;;;;;2*+1;-2. The van der Waals surface area contributed by atoms with Gasteiger partial charge in [-0.25, -0.2) is 44.9 Å². The minimum Gasteiger partial charge on any atom is -0.917 e. The van der Waals surface area contributed by atoms with Crippen molar-refractivity contribution in [1.29, 1.82) is 0 Å². The van der Waals surface area contributed by atoms with Crippen LogP contribution in [0.3, 0.4) is 0 Å². The summed E-state index contributed by atoms with van der Waals surface area (Å²) in [5.41, 5.74) is 5.50. The summed E-state index contributed by atoms with van der Waals surface area (Å²) in [6.07, 6.45) is 21.8. The molecule has 10 heterocycles. The Bertz CT molecular complexity index is 3500. The van der Waals surface area contributed by atoms with E-state index in [1.807, 2.05) is 16.0 Å². The van der Waals surface area contributed by atoms with E-state index in [4.69, 9.17) is 40.2 Å². The first-order valence-corrected chi connectivity index (χ1v) is 36.0. The number of imidazole rings is 8. The number of anilines is 1. The summed E-state index contributed by atoms with van der Waals surface area (Å²) in [6, 6.07) is 0. The smallest absolute Gasteiger partial charge is 0.917 e. The van der Waals surface area contributed by atoms with Crippen molar-refractivity contribution in [3.8, 4) is 0 Å². The Morgan fingerprint density at radius 3 is 1.43 bits per heavy atom. The Kier molecular flexibility index (Phi) is 67.4. The van der Waals surface area contributed by atoms with E-state index >= 15 is 0 Å². The van der Waals surface area contributed by atoms with E-state index in [0.29, 0.717) is 23.2 Å². The molecule has 0 spiro atoms. The van der Waals surface area contributed by atoms with Crippen LogP contribution in [0.15, 0.2) is 121 Å². The Labute approximate surface area is 633 Å². The van der Waals surface area contributed by atoms with E-state index in [2.05, 4.69) is 195 Å². The molecule has 0 atom stereocenters. The summed E-state index contributed by atoms with van der Waals surface area (Å²) in [5.74, 6) is 0.389. The van der Waals surface area contributed by atoms with Crippen LogP contribution in [0.1, 0.15) is 22.3 Å². The molecule has 89 heavy (non-hydrogen) atoms. The largest absolute Gasteiger partial charge is 1.00 e. The van der Waals surface area contributed by atoms with Gasteiger partial charge >= 0.3 is 87.6 Å². The molecule has 54 heteroatoms. The van der Waals surface area contributed by atoms with Crippen LogP contribution >= 0.6 is 189 Å². The summed E-state index contributed by atoms with van der Waals surface area (Å²) in [6.45, 7) is 0. The number of thiazole rings is 2. The third-order valence-corrected chi connectivity index (χ3v) is 12.7. The van der Waals surface area contributed by atoms with Gasteiger partial charge in [-0.2, -0.15) is 16.0 Å². The number of rotatable bonds is 9. The number of hydrogen-bond donors (Lipinski definition) is 8. The number of halogens is 10. The van der Waals surface area contributed by atoms with E-state index in [0.717, 1.165) is 42.3 Å². The van der Waals surface area contributed by atoms with Crippen LogP contribution in [0, 0.1) is 40.5 Å². The number of aromatic nitrogens is 16. The molecule has 0 amide bonds. The molecule has 0 saturated carbocycles. The zero-order chi connectivity index (χ0) is 64.2. The monoisotopic (exact) mass is 1850 g/mol. The predicted octanol–water partition coefficient (Wildman–Crippen LogP) is 8.04. The average Bonchev–Trinajstić information content (AvgIpc) is 3.04. The van der Waals surface area contributed by atoms with Crippen molar-refractivity contribution < 1.29 is 106 Å². The number of fused-ring (bicyclic) bond motifs is 2. The number of carbonyl (C=O) groups is 2. The molecule has 0 radical (unpaired) electrons. The molecule has 0 aliphatic heterocycles. The van der Waals surface area contributed by atoms with Crippen LogP contribution < -0.4 is 70.0 Å². The van der Waals surface area contributed by atoms with Gasteiger partial charge in [0.15, 0.2) is 29.8 Å². The Hall–Kier alpha value is -2.82. The summed E-state index contributed by atoms with van der Waals surface area (Å²) in [4.78, 5) is 104. The molecule has 0 bridgehead atoms. The van der Waals surface area contributed by atoms with Crippen LogP contribution in [-0.2, 0) is 33.6 Å². The SMILES string of the molecule is BrBr.Brc1cnc[nH]1.Brc1nc[nH]c1Br.C.C.C.NSc1nc[nH]c1[N+](=O)[O-].Nc1ncn2ccsc12.O=CCCl.O=CCSc1nc[nH]c1[N+](=O)[O-].O=P(Cl)(Cl)Cl.O=[N+]([O-])c1[nH]cnc1Br.O=[N+]([O-])c1ncn2ccsc12.O=[S-](=O)[O-].[Na+].[Na+].c1c[nH]cn1. The molecule has 0 aliphatic carbocycles. The van der Waals surface area contributed by atoms with Gasteiger partial charge in [-0.15, -0.1) is 34.3 Å². The minimum atomic E-state index is -3.22. The first kappa shape index (κ1) is 99.7. The number of aromatic amines is 6. The van der Waals surface area contributed by atoms with Gasteiger partial charge in [0.25, 0.3) is 0 Å². The molecule has 10 rings (SSSR count). The quantitative estimate of drug-likeness (QED) is 0.00579. The number of carbonyl (C=O) groups excluding carboxylic acids is 2. The molecule has 0 saturated heterocycles. The maximum atomic E-state index is 10.3. The molecule has 0 aliphatic rings. The number of H-pyrrole nitrogens is 6. The number of nitrogens with two attached hydrogens (primary N) is 2. The summed E-state index contributed by atoms with van der Waals surface area (Å²) >= 11 is 41.3. The van der Waals surface area contributed by atoms with Gasteiger partial charge in [0.2, 0.25) is 20.8 Å². The number of nitrogens with zero attached hydrogens (tertiary/aromatic N) is 14. The molecule has 10 N–H and O–H groups in total. The second kappa shape index (κ2) is 60.1. The van der Waals surface area contributed by atoms with Crippen LogP contribution in [0.4, 0.5) is 29.1 Å². The van der Waals surface area contributed by atoms with E-state index in [-0.39, 0.29) is 131 Å². The van der Waals surface area contributed by atoms with E-state index in [1.54, 1.807) is 71.2 Å². The second-order valence-corrected chi connectivity index (χ2v) is 25.7. The van der Waals surface area contributed by atoms with E-state index < -0.39 is 35.9 Å². The topological polar surface area (TPSA) is 540 Å². The third kappa shape index (κ3) is 48.5. The number of nitrogens with one attached hydrogen (secondary N) is 6. The number of nitrogen functional groups attached to an aromatic ring is 1. The summed E-state index contributed by atoms with van der Waals surface area (Å²) in [7, 11) is -3.11. The second-order valence-electron chi connectivity index (χ2n) is 11.8. The third-order valence-electron chi connectivity index (χ3n) is 6.66. The molecule has 484 valence electrons. The average molecular weight is 1850 g/mol. The van der Waals surface area contributed by atoms with Crippen molar-refractivity contribution in [2.75, 3.05) is 17.4 Å². The number of thioether (sulfide) groups is 1. The Balaban J connectivity index is -0.000000167. The van der Waals surface area contributed by atoms with Gasteiger partial charge in [-0.05, 0) is 134 Å². The number of hydrogen-bond acceptors (Lipinski definition) is 29. The van der Waals surface area contributed by atoms with Crippen molar-refractivity contribution >= 4 is 251 Å². The first-order valence-electron chi connectivity index (χ1n) is 19.6. The van der Waals surface area contributed by atoms with E-state index in [9.17, 15) is 49.8 Å². The summed E-state index contributed by atoms with van der Waals surface area (Å²) in [5, 5.41) is 46.7. The van der Waals surface area contributed by atoms with Gasteiger partial charge in [0.05, 0.1) is 36.8 Å².